The first-order valence-corrected chi connectivity index (χ1v) is 8.48. The van der Waals surface area contributed by atoms with Crippen LogP contribution in [0.3, 0.4) is 0 Å². The average Bonchev–Trinajstić information content (AvgIpc) is 2.72. The third-order valence-corrected chi connectivity index (χ3v) is 6.10. The number of ketones is 1. The minimum atomic E-state index is 0.0935. The summed E-state index contributed by atoms with van der Waals surface area (Å²) in [6, 6.07) is 6.83. The molecule has 0 aliphatic carbocycles. The van der Waals surface area contributed by atoms with Gasteiger partial charge in [-0.25, -0.2) is 0 Å². The van der Waals surface area contributed by atoms with E-state index < -0.39 is 0 Å². The smallest absolute Gasteiger partial charge is 0.137 e. The topological polar surface area (TPSA) is 20.3 Å². The van der Waals surface area contributed by atoms with Gasteiger partial charge in [0.15, 0.2) is 0 Å². The lowest BCUT2D eigenvalue weighted by molar-refractivity contribution is -0.126. The average molecular weight is 326 g/mol. The Bertz CT molecular complexity index is 560. The highest BCUT2D eigenvalue weighted by atomic mass is 35.5. The van der Waals surface area contributed by atoms with E-state index in [0.29, 0.717) is 34.3 Å². The maximum Gasteiger partial charge on any atom is 0.137 e. The Morgan fingerprint density at radius 2 is 2.05 bits per heavy atom. The molecule has 0 amide bonds. The van der Waals surface area contributed by atoms with E-state index in [4.69, 9.17) is 23.2 Å². The second-order valence-electron chi connectivity index (χ2n) is 6.33. The maximum absolute atomic E-state index is 12.6. The SMILES string of the molecule is CCC(=O)[C@H]1[C@@H](c2ccc(Cl)c(Cl)c2)CC2CC[C@@H]1N2C. The van der Waals surface area contributed by atoms with Crippen LogP contribution in [0.25, 0.3) is 0 Å². The summed E-state index contributed by atoms with van der Waals surface area (Å²) in [7, 11) is 2.17. The monoisotopic (exact) mass is 325 g/mol. The van der Waals surface area contributed by atoms with Crippen molar-refractivity contribution in [3.8, 4) is 0 Å². The molecule has 114 valence electrons. The van der Waals surface area contributed by atoms with Gasteiger partial charge in [0.1, 0.15) is 5.78 Å². The first kappa shape index (κ1) is 15.3. The molecule has 2 heterocycles. The highest BCUT2D eigenvalue weighted by Crippen LogP contribution is 2.47. The molecule has 21 heavy (non-hydrogen) atoms. The fourth-order valence-electron chi connectivity index (χ4n) is 4.23. The Morgan fingerprint density at radius 1 is 1.29 bits per heavy atom. The summed E-state index contributed by atoms with van der Waals surface area (Å²) in [5.41, 5.74) is 1.17. The number of carbonyl (C=O) groups is 1. The zero-order chi connectivity index (χ0) is 15.1. The van der Waals surface area contributed by atoms with E-state index in [1.807, 2.05) is 25.1 Å². The predicted molar refractivity (Wildman–Crippen MR) is 87.2 cm³/mol. The largest absolute Gasteiger partial charge is 0.300 e. The summed E-state index contributed by atoms with van der Waals surface area (Å²) >= 11 is 12.2. The van der Waals surface area contributed by atoms with Crippen LogP contribution < -0.4 is 0 Å². The molecule has 2 aliphatic rings. The van der Waals surface area contributed by atoms with Crippen molar-refractivity contribution in [2.75, 3.05) is 7.05 Å². The molecule has 0 radical (unpaired) electrons. The van der Waals surface area contributed by atoms with Crippen LogP contribution in [0.1, 0.15) is 44.1 Å². The molecule has 2 nitrogen and oxygen atoms in total. The summed E-state index contributed by atoms with van der Waals surface area (Å²) in [5.74, 6) is 0.750. The van der Waals surface area contributed by atoms with Gasteiger partial charge < -0.3 is 0 Å². The quantitative estimate of drug-likeness (QED) is 0.813. The Balaban J connectivity index is 1.98. The number of piperidine rings is 1. The molecule has 2 saturated heterocycles. The molecule has 4 atom stereocenters. The Labute approximate surface area is 136 Å². The van der Waals surface area contributed by atoms with Gasteiger partial charge in [-0.2, -0.15) is 0 Å². The third-order valence-electron chi connectivity index (χ3n) is 5.36. The Morgan fingerprint density at radius 3 is 2.71 bits per heavy atom. The number of rotatable bonds is 3. The normalized spacial score (nSPS) is 32.4. The highest BCUT2D eigenvalue weighted by Gasteiger charge is 2.48. The molecule has 1 aromatic rings. The van der Waals surface area contributed by atoms with Crippen molar-refractivity contribution in [2.24, 2.45) is 5.92 Å². The number of hydrogen-bond donors (Lipinski definition) is 0. The number of benzene rings is 1. The minimum Gasteiger partial charge on any atom is -0.300 e. The maximum atomic E-state index is 12.6. The molecule has 1 unspecified atom stereocenters. The number of fused-ring (bicyclic) bond motifs is 2. The van der Waals surface area contributed by atoms with Crippen LogP contribution in [0.15, 0.2) is 18.2 Å². The van der Waals surface area contributed by atoms with Crippen LogP contribution in [-0.4, -0.2) is 29.8 Å². The van der Waals surface area contributed by atoms with Crippen LogP contribution in [-0.2, 0) is 4.79 Å². The van der Waals surface area contributed by atoms with Crippen molar-refractivity contribution < 1.29 is 4.79 Å². The van der Waals surface area contributed by atoms with E-state index in [1.54, 1.807) is 0 Å². The van der Waals surface area contributed by atoms with E-state index in [9.17, 15) is 4.79 Å². The number of halogens is 2. The van der Waals surface area contributed by atoms with E-state index >= 15 is 0 Å². The van der Waals surface area contributed by atoms with Crippen molar-refractivity contribution in [1.82, 2.24) is 4.90 Å². The minimum absolute atomic E-state index is 0.0935. The molecule has 0 aromatic heterocycles. The summed E-state index contributed by atoms with van der Waals surface area (Å²) in [6.07, 6.45) is 3.99. The lowest BCUT2D eigenvalue weighted by Gasteiger charge is -2.42. The fraction of sp³-hybridized carbons (Fsp3) is 0.588. The highest BCUT2D eigenvalue weighted by molar-refractivity contribution is 6.42. The molecule has 0 spiro atoms. The summed E-state index contributed by atoms with van der Waals surface area (Å²) < 4.78 is 0. The Kier molecular flexibility index (Phi) is 4.31. The standard InChI is InChI=1S/C17H21Cl2NO/c1-3-16(21)17-12(9-11-5-7-15(17)20(11)2)10-4-6-13(18)14(19)8-10/h4,6,8,11-12,15,17H,3,5,7,9H2,1-2H3/t11?,12-,15+,17+/m1/s1. The summed E-state index contributed by atoms with van der Waals surface area (Å²) in [4.78, 5) is 15.0. The molecule has 2 aliphatic heterocycles. The number of nitrogens with zero attached hydrogens (tertiary/aromatic N) is 1. The predicted octanol–water partition coefficient (Wildman–Crippen LogP) is 4.54. The number of hydrogen-bond acceptors (Lipinski definition) is 2. The zero-order valence-electron chi connectivity index (χ0n) is 12.5. The van der Waals surface area contributed by atoms with Crippen molar-refractivity contribution in [3.05, 3.63) is 33.8 Å². The van der Waals surface area contributed by atoms with Crippen molar-refractivity contribution >= 4 is 29.0 Å². The van der Waals surface area contributed by atoms with Gasteiger partial charge in [0, 0.05) is 24.4 Å². The molecular weight excluding hydrogens is 305 g/mol. The van der Waals surface area contributed by atoms with Gasteiger partial charge in [-0.15, -0.1) is 0 Å². The molecule has 0 saturated carbocycles. The van der Waals surface area contributed by atoms with E-state index in [0.717, 1.165) is 12.8 Å². The van der Waals surface area contributed by atoms with Gasteiger partial charge >= 0.3 is 0 Å². The zero-order valence-corrected chi connectivity index (χ0v) is 14.0. The molecule has 1 aromatic carbocycles. The molecule has 0 N–H and O–H groups in total. The van der Waals surface area contributed by atoms with Crippen LogP contribution in [0.2, 0.25) is 10.0 Å². The first-order chi connectivity index (χ1) is 10.0. The number of carbonyl (C=O) groups excluding carboxylic acids is 1. The van der Waals surface area contributed by atoms with Crippen molar-refractivity contribution in [2.45, 2.75) is 50.6 Å². The second-order valence-corrected chi connectivity index (χ2v) is 7.14. The number of Topliss-reactive ketones (excluding diaryl/α,β-unsaturated/α-hetero) is 1. The summed E-state index contributed by atoms with van der Waals surface area (Å²) in [6.45, 7) is 1.97. The molecular formula is C17H21Cl2NO. The van der Waals surface area contributed by atoms with Gasteiger partial charge in [-0.05, 0) is 49.9 Å². The van der Waals surface area contributed by atoms with Gasteiger partial charge in [0.05, 0.1) is 10.0 Å². The second kappa shape index (κ2) is 5.91. The summed E-state index contributed by atoms with van der Waals surface area (Å²) in [5, 5.41) is 1.16. The van der Waals surface area contributed by atoms with Gasteiger partial charge in [0.25, 0.3) is 0 Å². The Hall–Kier alpha value is -0.570. The van der Waals surface area contributed by atoms with Crippen LogP contribution >= 0.6 is 23.2 Å². The first-order valence-electron chi connectivity index (χ1n) is 7.72. The van der Waals surface area contributed by atoms with E-state index in [-0.39, 0.29) is 11.8 Å². The molecule has 3 rings (SSSR count). The fourth-order valence-corrected chi connectivity index (χ4v) is 4.53. The molecule has 2 fully saturated rings. The van der Waals surface area contributed by atoms with Crippen molar-refractivity contribution in [3.63, 3.8) is 0 Å². The van der Waals surface area contributed by atoms with Crippen molar-refractivity contribution in [1.29, 1.82) is 0 Å². The van der Waals surface area contributed by atoms with Gasteiger partial charge in [0.2, 0.25) is 0 Å². The van der Waals surface area contributed by atoms with Gasteiger partial charge in [-0.1, -0.05) is 36.2 Å². The lowest BCUT2D eigenvalue weighted by Crippen LogP contribution is -2.48. The lowest BCUT2D eigenvalue weighted by atomic mass is 9.73. The molecule has 4 heteroatoms. The van der Waals surface area contributed by atoms with Gasteiger partial charge in [-0.3, -0.25) is 9.69 Å². The molecule has 2 bridgehead atoms. The van der Waals surface area contributed by atoms with E-state index in [2.05, 4.69) is 11.9 Å². The van der Waals surface area contributed by atoms with Crippen LogP contribution in [0.5, 0.6) is 0 Å². The van der Waals surface area contributed by atoms with Crippen LogP contribution in [0, 0.1) is 5.92 Å². The van der Waals surface area contributed by atoms with Crippen LogP contribution in [0.4, 0.5) is 0 Å². The third kappa shape index (κ3) is 2.62. The van der Waals surface area contributed by atoms with E-state index in [1.165, 1.54) is 12.0 Å².